The number of aromatic nitrogens is 4. The Morgan fingerprint density at radius 1 is 1.44 bits per heavy atom. The van der Waals surface area contributed by atoms with Gasteiger partial charge in [-0.2, -0.15) is 5.26 Å². The van der Waals surface area contributed by atoms with E-state index in [0.717, 1.165) is 5.56 Å². The van der Waals surface area contributed by atoms with Crippen LogP contribution >= 0.6 is 11.8 Å². The van der Waals surface area contributed by atoms with E-state index < -0.39 is 0 Å². The molecule has 0 aliphatic heterocycles. The Morgan fingerprint density at radius 2 is 2.33 bits per heavy atom. The molecule has 92 valence electrons. The first-order valence-electron chi connectivity index (χ1n) is 5.32. The van der Waals surface area contributed by atoms with E-state index >= 15 is 0 Å². The van der Waals surface area contributed by atoms with Crippen molar-refractivity contribution in [3.63, 3.8) is 0 Å². The van der Waals surface area contributed by atoms with Crippen molar-refractivity contribution in [1.82, 2.24) is 20.2 Å². The lowest BCUT2D eigenvalue weighted by molar-refractivity contribution is 0.262. The zero-order chi connectivity index (χ0) is 12.8. The number of hydrogen-bond donors (Lipinski definition) is 1. The molecule has 0 fully saturated rings. The quantitative estimate of drug-likeness (QED) is 0.802. The van der Waals surface area contributed by atoms with Gasteiger partial charge in [0, 0.05) is 5.75 Å². The molecule has 1 aromatic heterocycles. The van der Waals surface area contributed by atoms with Crippen molar-refractivity contribution in [2.75, 3.05) is 6.61 Å². The molecule has 0 atom stereocenters. The van der Waals surface area contributed by atoms with Crippen LogP contribution in [0.5, 0.6) is 0 Å². The summed E-state index contributed by atoms with van der Waals surface area (Å²) in [5, 5.41) is 29.5. The van der Waals surface area contributed by atoms with Crippen molar-refractivity contribution in [1.29, 1.82) is 5.26 Å². The van der Waals surface area contributed by atoms with E-state index in [4.69, 9.17) is 10.4 Å². The molecule has 1 heterocycles. The van der Waals surface area contributed by atoms with Crippen LogP contribution < -0.4 is 0 Å². The number of rotatable bonds is 5. The molecule has 0 amide bonds. The van der Waals surface area contributed by atoms with Gasteiger partial charge >= 0.3 is 0 Å². The van der Waals surface area contributed by atoms with Crippen molar-refractivity contribution in [3.8, 4) is 6.07 Å². The van der Waals surface area contributed by atoms with Crippen LogP contribution in [0.3, 0.4) is 0 Å². The SMILES string of the molecule is N#Cc1cccc(CSc2nnnn2CCO)c1. The second kappa shape index (κ2) is 6.14. The number of aliphatic hydroxyl groups excluding tert-OH is 1. The minimum Gasteiger partial charge on any atom is -0.394 e. The lowest BCUT2D eigenvalue weighted by atomic mass is 10.2. The van der Waals surface area contributed by atoms with Crippen molar-refractivity contribution < 1.29 is 5.11 Å². The highest BCUT2D eigenvalue weighted by Gasteiger charge is 2.06. The number of benzene rings is 1. The van der Waals surface area contributed by atoms with Crippen molar-refractivity contribution >= 4 is 11.8 Å². The van der Waals surface area contributed by atoms with E-state index in [1.165, 1.54) is 11.8 Å². The number of nitrogens with zero attached hydrogens (tertiary/aromatic N) is 5. The summed E-state index contributed by atoms with van der Waals surface area (Å²) >= 11 is 1.47. The van der Waals surface area contributed by atoms with E-state index in [-0.39, 0.29) is 6.61 Å². The standard InChI is InChI=1S/C11H11N5OS/c12-7-9-2-1-3-10(6-9)8-18-11-13-14-15-16(11)4-5-17/h1-3,6,17H,4-5,8H2. The fourth-order valence-corrected chi connectivity index (χ4v) is 2.26. The molecule has 7 heteroatoms. The fraction of sp³-hybridized carbons (Fsp3) is 0.273. The summed E-state index contributed by atoms with van der Waals surface area (Å²) in [5.74, 6) is 0.682. The summed E-state index contributed by atoms with van der Waals surface area (Å²) in [6.07, 6.45) is 0. The summed E-state index contributed by atoms with van der Waals surface area (Å²) < 4.78 is 1.55. The average molecular weight is 261 g/mol. The van der Waals surface area contributed by atoms with E-state index in [1.54, 1.807) is 10.7 Å². The van der Waals surface area contributed by atoms with E-state index in [9.17, 15) is 0 Å². The number of tetrazole rings is 1. The van der Waals surface area contributed by atoms with E-state index in [1.807, 2.05) is 18.2 Å². The van der Waals surface area contributed by atoms with Crippen molar-refractivity contribution in [2.24, 2.45) is 0 Å². The molecule has 0 unspecified atom stereocenters. The van der Waals surface area contributed by atoms with Gasteiger partial charge in [-0.15, -0.1) is 5.10 Å². The van der Waals surface area contributed by atoms with E-state index in [2.05, 4.69) is 21.6 Å². The highest BCUT2D eigenvalue weighted by molar-refractivity contribution is 7.98. The number of nitriles is 1. The number of hydrogen-bond acceptors (Lipinski definition) is 6. The van der Waals surface area contributed by atoms with Gasteiger partial charge in [-0.05, 0) is 28.1 Å². The zero-order valence-corrected chi connectivity index (χ0v) is 10.3. The van der Waals surface area contributed by atoms with Gasteiger partial charge in [0.1, 0.15) is 0 Å². The minimum absolute atomic E-state index is 0.00250. The molecule has 18 heavy (non-hydrogen) atoms. The molecular weight excluding hydrogens is 250 g/mol. The Kier molecular flexibility index (Phi) is 4.28. The fourth-order valence-electron chi connectivity index (χ4n) is 1.41. The van der Waals surface area contributed by atoms with Crippen LogP contribution in [0, 0.1) is 11.3 Å². The van der Waals surface area contributed by atoms with Crippen LogP contribution in [0.25, 0.3) is 0 Å². The smallest absolute Gasteiger partial charge is 0.209 e. The van der Waals surface area contributed by atoms with Gasteiger partial charge in [0.15, 0.2) is 0 Å². The maximum atomic E-state index is 8.85. The lowest BCUT2D eigenvalue weighted by Gasteiger charge is -2.02. The molecule has 0 aliphatic carbocycles. The Bertz CT molecular complexity index is 563. The molecule has 2 rings (SSSR count). The third-order valence-corrected chi connectivity index (χ3v) is 3.26. The predicted molar refractivity (Wildman–Crippen MR) is 65.6 cm³/mol. The first-order chi connectivity index (χ1) is 8.83. The Labute approximate surface area is 108 Å². The topological polar surface area (TPSA) is 87.6 Å². The lowest BCUT2D eigenvalue weighted by Crippen LogP contribution is -2.05. The monoisotopic (exact) mass is 261 g/mol. The minimum atomic E-state index is 0.00250. The molecule has 0 spiro atoms. The van der Waals surface area contributed by atoms with Crippen LogP contribution in [0.4, 0.5) is 0 Å². The molecule has 0 saturated carbocycles. The van der Waals surface area contributed by atoms with Crippen molar-refractivity contribution in [2.45, 2.75) is 17.5 Å². The van der Waals surface area contributed by atoms with Gasteiger partial charge in [-0.1, -0.05) is 23.9 Å². The first-order valence-corrected chi connectivity index (χ1v) is 6.31. The van der Waals surface area contributed by atoms with Gasteiger partial charge in [-0.25, -0.2) is 4.68 Å². The van der Waals surface area contributed by atoms with Crippen LogP contribution in [-0.2, 0) is 12.3 Å². The average Bonchev–Trinajstić information content (AvgIpc) is 2.85. The second-order valence-electron chi connectivity index (χ2n) is 3.51. The van der Waals surface area contributed by atoms with Crippen LogP contribution in [0.15, 0.2) is 29.4 Å². The summed E-state index contributed by atoms with van der Waals surface area (Å²) in [7, 11) is 0. The number of thioether (sulfide) groups is 1. The third kappa shape index (κ3) is 3.06. The summed E-state index contributed by atoms with van der Waals surface area (Å²) in [4.78, 5) is 0. The van der Waals surface area contributed by atoms with Gasteiger partial charge in [0.2, 0.25) is 5.16 Å². The highest BCUT2D eigenvalue weighted by atomic mass is 32.2. The third-order valence-electron chi connectivity index (χ3n) is 2.23. The Hall–Kier alpha value is -1.91. The summed E-state index contributed by atoms with van der Waals surface area (Å²) in [6.45, 7) is 0.385. The maximum Gasteiger partial charge on any atom is 0.209 e. The van der Waals surface area contributed by atoms with Gasteiger partial charge in [0.25, 0.3) is 0 Å². The molecule has 0 aliphatic rings. The van der Waals surface area contributed by atoms with Gasteiger partial charge in [-0.3, -0.25) is 0 Å². The molecule has 0 saturated heterocycles. The molecule has 6 nitrogen and oxygen atoms in total. The largest absolute Gasteiger partial charge is 0.394 e. The van der Waals surface area contributed by atoms with Gasteiger partial charge < -0.3 is 5.11 Å². The van der Waals surface area contributed by atoms with Crippen molar-refractivity contribution in [3.05, 3.63) is 35.4 Å². The van der Waals surface area contributed by atoms with Gasteiger partial charge in [0.05, 0.1) is 24.8 Å². The second-order valence-corrected chi connectivity index (χ2v) is 4.45. The van der Waals surface area contributed by atoms with Crippen LogP contribution in [0.1, 0.15) is 11.1 Å². The summed E-state index contributed by atoms with van der Waals surface area (Å²) in [5.41, 5.74) is 1.68. The highest BCUT2D eigenvalue weighted by Crippen LogP contribution is 2.20. The zero-order valence-electron chi connectivity index (χ0n) is 9.52. The first kappa shape index (κ1) is 12.5. The maximum absolute atomic E-state index is 8.85. The van der Waals surface area contributed by atoms with Crippen LogP contribution in [-0.4, -0.2) is 31.9 Å². The van der Waals surface area contributed by atoms with E-state index in [0.29, 0.717) is 23.0 Å². The molecule has 1 N–H and O–H groups in total. The van der Waals surface area contributed by atoms with Crippen LogP contribution in [0.2, 0.25) is 0 Å². The molecule has 1 aromatic carbocycles. The molecule has 2 aromatic rings. The molecular formula is C11H11N5OS. The normalized spacial score (nSPS) is 10.2. The Morgan fingerprint density at radius 3 is 3.11 bits per heavy atom. The molecule has 0 radical (unpaired) electrons. The summed E-state index contributed by atoms with van der Waals surface area (Å²) in [6, 6.07) is 9.52. The predicted octanol–water partition coefficient (Wildman–Crippen LogP) is 0.829. The molecule has 0 bridgehead atoms. The Balaban J connectivity index is 2.02. The number of aliphatic hydroxyl groups is 1.